The Morgan fingerprint density at radius 3 is 2.28 bits per heavy atom. The van der Waals surface area contributed by atoms with Crippen LogP contribution < -0.4 is 0 Å². The molecule has 3 nitrogen and oxygen atoms in total. The van der Waals surface area contributed by atoms with E-state index in [1.807, 2.05) is 18.2 Å². The Hall–Kier alpha value is -0.770. The molecule has 4 rings (SSSR count). The molecule has 0 radical (unpaired) electrons. The van der Waals surface area contributed by atoms with Crippen LogP contribution in [0.4, 0.5) is 0 Å². The van der Waals surface area contributed by atoms with Gasteiger partial charge in [-0.1, -0.05) is 42.1 Å². The zero-order valence-electron chi connectivity index (χ0n) is 14.6. The van der Waals surface area contributed by atoms with E-state index in [0.29, 0.717) is 22.1 Å². The second-order valence-electron chi connectivity index (χ2n) is 7.71. The highest BCUT2D eigenvalue weighted by atomic mass is 35.5. The molecule has 3 aliphatic rings. The largest absolute Gasteiger partial charge is 0.338 e. The summed E-state index contributed by atoms with van der Waals surface area (Å²) in [5, 5.41) is 1.09. The highest BCUT2D eigenvalue weighted by Gasteiger charge is 2.42. The van der Waals surface area contributed by atoms with Gasteiger partial charge in [-0.3, -0.25) is 9.69 Å². The number of nitrogens with zero attached hydrogens (tertiary/aromatic N) is 2. The van der Waals surface area contributed by atoms with E-state index in [1.165, 1.54) is 45.2 Å². The van der Waals surface area contributed by atoms with Crippen LogP contribution in [0, 0.1) is 0 Å². The van der Waals surface area contributed by atoms with Gasteiger partial charge in [0.1, 0.15) is 0 Å². The molecule has 2 saturated heterocycles. The number of benzene rings is 1. The lowest BCUT2D eigenvalue weighted by Crippen LogP contribution is -2.53. The maximum absolute atomic E-state index is 13.2. The van der Waals surface area contributed by atoms with E-state index in [1.54, 1.807) is 0 Å². The van der Waals surface area contributed by atoms with Crippen molar-refractivity contribution in [1.82, 2.24) is 9.80 Å². The second-order valence-corrected chi connectivity index (χ2v) is 8.52. The average molecular weight is 381 g/mol. The molecule has 0 aromatic heterocycles. The van der Waals surface area contributed by atoms with Crippen LogP contribution in [0.2, 0.25) is 10.0 Å². The first-order valence-electron chi connectivity index (χ1n) is 9.64. The van der Waals surface area contributed by atoms with Crippen molar-refractivity contribution in [2.45, 2.75) is 62.9 Å². The predicted octanol–water partition coefficient (Wildman–Crippen LogP) is 4.72. The molecule has 5 heteroatoms. The molecule has 1 saturated carbocycles. The molecule has 3 atom stereocenters. The molecule has 1 amide bonds. The molecule has 1 aromatic rings. The minimum Gasteiger partial charge on any atom is -0.338 e. The van der Waals surface area contributed by atoms with Crippen LogP contribution in [0.5, 0.6) is 0 Å². The van der Waals surface area contributed by atoms with Gasteiger partial charge >= 0.3 is 0 Å². The molecule has 2 aliphatic heterocycles. The first-order valence-corrected chi connectivity index (χ1v) is 10.4. The lowest BCUT2D eigenvalue weighted by atomic mass is 9.88. The van der Waals surface area contributed by atoms with E-state index in [2.05, 4.69) is 9.80 Å². The summed E-state index contributed by atoms with van der Waals surface area (Å²) in [6, 6.07) is 6.59. The van der Waals surface area contributed by atoms with E-state index >= 15 is 0 Å². The number of halogens is 2. The zero-order valence-corrected chi connectivity index (χ0v) is 16.1. The van der Waals surface area contributed by atoms with Gasteiger partial charge in [-0.25, -0.2) is 0 Å². The van der Waals surface area contributed by atoms with Crippen molar-refractivity contribution in [3.8, 4) is 0 Å². The molecule has 0 N–H and O–H groups in total. The minimum atomic E-state index is -0.0593. The molecular formula is C20H26Cl2N2O. The number of amides is 1. The van der Waals surface area contributed by atoms with E-state index in [9.17, 15) is 4.79 Å². The SMILES string of the molecule is O=C1[C@@H](c2ccc(Cl)c(Cl)c2)CCN1[C@H]1CCCC[C@@H]1N1CCCC1. The summed E-state index contributed by atoms with van der Waals surface area (Å²) in [5.74, 6) is 0.227. The zero-order chi connectivity index (χ0) is 17.4. The Bertz CT molecular complexity index is 645. The molecule has 0 unspecified atom stereocenters. The lowest BCUT2D eigenvalue weighted by Gasteiger charge is -2.42. The van der Waals surface area contributed by atoms with Crippen LogP contribution in [-0.2, 0) is 4.79 Å². The fraction of sp³-hybridized carbons (Fsp3) is 0.650. The van der Waals surface area contributed by atoms with E-state index in [0.717, 1.165) is 24.9 Å². The number of rotatable bonds is 3. The Kier molecular flexibility index (Phi) is 5.26. The Labute approximate surface area is 160 Å². The van der Waals surface area contributed by atoms with Crippen LogP contribution in [0.25, 0.3) is 0 Å². The second kappa shape index (κ2) is 7.46. The minimum absolute atomic E-state index is 0.0593. The molecule has 136 valence electrons. The maximum Gasteiger partial charge on any atom is 0.230 e. The third-order valence-electron chi connectivity index (χ3n) is 6.29. The first kappa shape index (κ1) is 17.6. The van der Waals surface area contributed by atoms with Gasteiger partial charge in [0.2, 0.25) is 5.91 Å². The number of hydrogen-bond donors (Lipinski definition) is 0. The Morgan fingerprint density at radius 1 is 0.840 bits per heavy atom. The summed E-state index contributed by atoms with van der Waals surface area (Å²) >= 11 is 12.2. The van der Waals surface area contributed by atoms with Crippen LogP contribution in [0.15, 0.2) is 18.2 Å². The topological polar surface area (TPSA) is 23.6 Å². The van der Waals surface area contributed by atoms with E-state index in [4.69, 9.17) is 23.2 Å². The monoisotopic (exact) mass is 380 g/mol. The first-order chi connectivity index (χ1) is 12.1. The highest BCUT2D eigenvalue weighted by molar-refractivity contribution is 6.42. The molecule has 0 bridgehead atoms. The molecule has 1 aromatic carbocycles. The van der Waals surface area contributed by atoms with Crippen LogP contribution in [-0.4, -0.2) is 47.4 Å². The van der Waals surface area contributed by atoms with Crippen molar-refractivity contribution in [2.75, 3.05) is 19.6 Å². The Balaban J connectivity index is 1.52. The van der Waals surface area contributed by atoms with Crippen molar-refractivity contribution in [3.05, 3.63) is 33.8 Å². The summed E-state index contributed by atoms with van der Waals surface area (Å²) in [7, 11) is 0. The van der Waals surface area contributed by atoms with Gasteiger partial charge in [0.15, 0.2) is 0 Å². The fourth-order valence-electron chi connectivity index (χ4n) is 5.02. The van der Waals surface area contributed by atoms with Crippen LogP contribution in [0.1, 0.15) is 56.4 Å². The van der Waals surface area contributed by atoms with Crippen molar-refractivity contribution in [3.63, 3.8) is 0 Å². The molecular weight excluding hydrogens is 355 g/mol. The number of likely N-dealkylation sites (tertiary alicyclic amines) is 2. The number of hydrogen-bond acceptors (Lipinski definition) is 2. The van der Waals surface area contributed by atoms with Gasteiger partial charge in [-0.05, 0) is 62.9 Å². The molecule has 0 spiro atoms. The van der Waals surface area contributed by atoms with Gasteiger partial charge < -0.3 is 4.90 Å². The summed E-state index contributed by atoms with van der Waals surface area (Å²) < 4.78 is 0. The third-order valence-corrected chi connectivity index (χ3v) is 7.03. The quantitative estimate of drug-likeness (QED) is 0.757. The van der Waals surface area contributed by atoms with Crippen LogP contribution >= 0.6 is 23.2 Å². The predicted molar refractivity (Wildman–Crippen MR) is 102 cm³/mol. The summed E-state index contributed by atoms with van der Waals surface area (Å²) in [5.41, 5.74) is 1.01. The third kappa shape index (κ3) is 3.43. The van der Waals surface area contributed by atoms with Gasteiger partial charge in [0.25, 0.3) is 0 Å². The van der Waals surface area contributed by atoms with Gasteiger partial charge in [0.05, 0.1) is 16.0 Å². The molecule has 3 fully saturated rings. The number of carbonyl (C=O) groups is 1. The van der Waals surface area contributed by atoms with Gasteiger partial charge in [0, 0.05) is 18.6 Å². The van der Waals surface area contributed by atoms with Crippen molar-refractivity contribution < 1.29 is 4.79 Å². The maximum atomic E-state index is 13.2. The van der Waals surface area contributed by atoms with E-state index in [-0.39, 0.29) is 11.8 Å². The summed E-state index contributed by atoms with van der Waals surface area (Å²) in [6.45, 7) is 3.29. The highest BCUT2D eigenvalue weighted by Crippen LogP contribution is 2.37. The standard InChI is InChI=1S/C20H26Cl2N2O/c21-16-8-7-14(13-17(16)22)15-9-12-24(20(15)25)19-6-2-1-5-18(19)23-10-3-4-11-23/h7-8,13,15,18-19H,1-6,9-12H2/t15-,18+,19+/m1/s1. The summed E-state index contributed by atoms with van der Waals surface area (Å²) in [6.07, 6.45) is 8.45. The molecule has 25 heavy (non-hydrogen) atoms. The van der Waals surface area contributed by atoms with Crippen molar-refractivity contribution >= 4 is 29.1 Å². The smallest absolute Gasteiger partial charge is 0.230 e. The van der Waals surface area contributed by atoms with Gasteiger partial charge in [-0.15, -0.1) is 0 Å². The van der Waals surface area contributed by atoms with Gasteiger partial charge in [-0.2, -0.15) is 0 Å². The van der Waals surface area contributed by atoms with E-state index < -0.39 is 0 Å². The lowest BCUT2D eigenvalue weighted by molar-refractivity contribution is -0.133. The fourth-order valence-corrected chi connectivity index (χ4v) is 5.33. The van der Waals surface area contributed by atoms with Crippen molar-refractivity contribution in [2.24, 2.45) is 0 Å². The summed E-state index contributed by atoms with van der Waals surface area (Å²) in [4.78, 5) is 18.0. The normalized spacial score (nSPS) is 31.0. The Morgan fingerprint density at radius 2 is 1.56 bits per heavy atom. The molecule has 1 aliphatic carbocycles. The molecule has 2 heterocycles. The average Bonchev–Trinajstić information content (AvgIpc) is 3.27. The number of carbonyl (C=O) groups excluding carboxylic acids is 1. The van der Waals surface area contributed by atoms with Crippen molar-refractivity contribution in [1.29, 1.82) is 0 Å². The van der Waals surface area contributed by atoms with Crippen LogP contribution in [0.3, 0.4) is 0 Å².